The lowest BCUT2D eigenvalue weighted by Crippen LogP contribution is -2.02. The number of aromatic carboxylic acids is 1. The topological polar surface area (TPSA) is 75.3 Å². The molecule has 0 unspecified atom stereocenters. The smallest absolute Gasteiger partial charge is 0.335 e. The van der Waals surface area contributed by atoms with E-state index in [4.69, 9.17) is 28.2 Å². The van der Waals surface area contributed by atoms with Gasteiger partial charge in [-0.05, 0) is 59.2 Å². The van der Waals surface area contributed by atoms with Crippen LogP contribution in [-0.2, 0) is 6.54 Å². The molecule has 5 rings (SSSR count). The van der Waals surface area contributed by atoms with Gasteiger partial charge < -0.3 is 14.8 Å². The molecule has 0 saturated carbocycles. The van der Waals surface area contributed by atoms with Crippen molar-refractivity contribution in [1.29, 1.82) is 0 Å². The maximum atomic E-state index is 11.2. The summed E-state index contributed by atoms with van der Waals surface area (Å²) in [6.07, 6.45) is 1.93. The lowest BCUT2D eigenvalue weighted by molar-refractivity contribution is 0.0697. The number of nitrogens with zero attached hydrogens (tertiary/aromatic N) is 2. The minimum Gasteiger partial charge on any atom is -0.508 e. The zero-order valence-corrected chi connectivity index (χ0v) is 20.4. The van der Waals surface area contributed by atoms with Crippen LogP contribution in [0, 0.1) is 0 Å². The quantitative estimate of drug-likeness (QED) is 0.244. The normalized spacial score (nSPS) is 10.9. The maximum Gasteiger partial charge on any atom is 0.335 e. The summed E-state index contributed by atoms with van der Waals surface area (Å²) in [5.74, 6) is 0.0102. The molecule has 4 aromatic carbocycles. The minimum atomic E-state index is -0.960. The number of phenols is 1. The summed E-state index contributed by atoms with van der Waals surface area (Å²) in [7, 11) is 0. The zero-order chi connectivity index (χ0) is 25.2. The van der Waals surface area contributed by atoms with Gasteiger partial charge in [-0.15, -0.1) is 0 Å². The fourth-order valence-corrected chi connectivity index (χ4v) is 4.51. The number of carbonyl (C=O) groups is 1. The number of aromatic nitrogens is 2. The Hall–Kier alpha value is -4.06. The molecule has 5 aromatic rings. The molecule has 0 aliphatic rings. The van der Waals surface area contributed by atoms with E-state index in [1.807, 2.05) is 53.2 Å². The summed E-state index contributed by atoms with van der Waals surface area (Å²) in [4.78, 5) is 16.1. The van der Waals surface area contributed by atoms with Crippen molar-refractivity contribution < 1.29 is 15.0 Å². The van der Waals surface area contributed by atoms with Crippen LogP contribution in [0.15, 0.2) is 97.2 Å². The van der Waals surface area contributed by atoms with Crippen LogP contribution in [0.1, 0.15) is 15.9 Å². The molecule has 0 bridgehead atoms. The number of hydrogen-bond donors (Lipinski definition) is 2. The first-order valence-electron chi connectivity index (χ1n) is 11.1. The number of halogens is 2. The van der Waals surface area contributed by atoms with Gasteiger partial charge in [0.1, 0.15) is 11.6 Å². The molecular formula is C29H20Cl2N2O3. The van der Waals surface area contributed by atoms with Gasteiger partial charge in [-0.1, -0.05) is 71.7 Å². The van der Waals surface area contributed by atoms with Crippen molar-refractivity contribution >= 4 is 29.2 Å². The average Bonchev–Trinajstić information content (AvgIpc) is 3.28. The van der Waals surface area contributed by atoms with Crippen LogP contribution in [0.25, 0.3) is 33.8 Å². The SMILES string of the molecule is O=C(O)c1ccc(Cn2cc(-c3ccc(Cl)cc3Cl)nc2-c2ccc(-c3ccc(O)cc3)cc2)cc1. The molecule has 178 valence electrons. The van der Waals surface area contributed by atoms with E-state index >= 15 is 0 Å². The highest BCUT2D eigenvalue weighted by Crippen LogP contribution is 2.33. The third-order valence-corrected chi connectivity index (χ3v) is 6.43. The Bertz CT molecular complexity index is 1540. The van der Waals surface area contributed by atoms with E-state index in [2.05, 4.69) is 0 Å². The second-order valence-corrected chi connectivity index (χ2v) is 9.17. The first kappa shape index (κ1) is 23.7. The number of hydrogen-bond acceptors (Lipinski definition) is 3. The summed E-state index contributed by atoms with van der Waals surface area (Å²) >= 11 is 12.6. The lowest BCUT2D eigenvalue weighted by Gasteiger charge is -2.09. The van der Waals surface area contributed by atoms with Crippen molar-refractivity contribution in [3.05, 3.63) is 118 Å². The van der Waals surface area contributed by atoms with Gasteiger partial charge in [0.2, 0.25) is 0 Å². The molecule has 0 saturated heterocycles. The van der Waals surface area contributed by atoms with Gasteiger partial charge in [0, 0.05) is 28.9 Å². The van der Waals surface area contributed by atoms with Gasteiger partial charge in [-0.2, -0.15) is 0 Å². The number of carboxylic acids is 1. The molecule has 0 radical (unpaired) electrons. The molecule has 1 aromatic heterocycles. The van der Waals surface area contributed by atoms with Gasteiger partial charge in [-0.25, -0.2) is 9.78 Å². The molecule has 0 atom stereocenters. The van der Waals surface area contributed by atoms with Crippen LogP contribution >= 0.6 is 23.2 Å². The largest absolute Gasteiger partial charge is 0.508 e. The van der Waals surface area contributed by atoms with Crippen LogP contribution in [0.4, 0.5) is 0 Å². The van der Waals surface area contributed by atoms with Crippen molar-refractivity contribution in [2.75, 3.05) is 0 Å². The first-order valence-corrected chi connectivity index (χ1v) is 11.9. The minimum absolute atomic E-state index is 0.224. The molecule has 1 heterocycles. The van der Waals surface area contributed by atoms with Crippen molar-refractivity contribution in [2.24, 2.45) is 0 Å². The fourth-order valence-electron chi connectivity index (χ4n) is 4.01. The fraction of sp³-hybridized carbons (Fsp3) is 0.0345. The van der Waals surface area contributed by atoms with Crippen molar-refractivity contribution in [2.45, 2.75) is 6.54 Å². The Morgan fingerprint density at radius 2 is 1.42 bits per heavy atom. The summed E-state index contributed by atoms with van der Waals surface area (Å²) < 4.78 is 2.02. The van der Waals surface area contributed by atoms with E-state index < -0.39 is 5.97 Å². The number of benzene rings is 4. The highest BCUT2D eigenvalue weighted by atomic mass is 35.5. The lowest BCUT2D eigenvalue weighted by atomic mass is 10.0. The maximum absolute atomic E-state index is 11.2. The third kappa shape index (κ3) is 4.98. The average molecular weight is 515 g/mol. The number of imidazole rings is 1. The Kier molecular flexibility index (Phi) is 6.51. The van der Waals surface area contributed by atoms with E-state index in [-0.39, 0.29) is 11.3 Å². The molecular weight excluding hydrogens is 495 g/mol. The number of phenolic OH excluding ortho intramolecular Hbond substituents is 1. The second-order valence-electron chi connectivity index (χ2n) is 8.33. The van der Waals surface area contributed by atoms with Crippen LogP contribution in [0.5, 0.6) is 5.75 Å². The summed E-state index contributed by atoms with van der Waals surface area (Å²) in [6, 6.07) is 27.2. The third-order valence-electron chi connectivity index (χ3n) is 5.88. The Labute approximate surface area is 217 Å². The van der Waals surface area contributed by atoms with Crippen LogP contribution < -0.4 is 0 Å². The van der Waals surface area contributed by atoms with Crippen LogP contribution in [0.3, 0.4) is 0 Å². The highest BCUT2D eigenvalue weighted by molar-refractivity contribution is 6.36. The predicted molar refractivity (Wildman–Crippen MR) is 143 cm³/mol. The molecule has 0 spiro atoms. The zero-order valence-electron chi connectivity index (χ0n) is 18.9. The van der Waals surface area contributed by atoms with Crippen LogP contribution in [-0.4, -0.2) is 25.7 Å². The highest BCUT2D eigenvalue weighted by Gasteiger charge is 2.15. The van der Waals surface area contributed by atoms with Gasteiger partial charge in [0.25, 0.3) is 0 Å². The van der Waals surface area contributed by atoms with Gasteiger partial charge in [0.15, 0.2) is 0 Å². The summed E-state index contributed by atoms with van der Waals surface area (Å²) in [5, 5.41) is 19.8. The monoisotopic (exact) mass is 514 g/mol. The van der Waals surface area contributed by atoms with E-state index in [1.165, 1.54) is 0 Å². The number of aromatic hydroxyl groups is 1. The molecule has 36 heavy (non-hydrogen) atoms. The van der Waals surface area contributed by atoms with Crippen molar-refractivity contribution in [1.82, 2.24) is 9.55 Å². The van der Waals surface area contributed by atoms with E-state index in [9.17, 15) is 15.0 Å². The van der Waals surface area contributed by atoms with E-state index in [0.29, 0.717) is 22.3 Å². The van der Waals surface area contributed by atoms with Crippen LogP contribution in [0.2, 0.25) is 10.0 Å². The van der Waals surface area contributed by atoms with E-state index in [1.54, 1.807) is 48.5 Å². The molecule has 0 amide bonds. The van der Waals surface area contributed by atoms with Gasteiger partial charge >= 0.3 is 5.97 Å². The molecule has 5 nitrogen and oxygen atoms in total. The predicted octanol–water partition coefficient (Wildman–Crippen LogP) is 7.64. The molecule has 0 fully saturated rings. The van der Waals surface area contributed by atoms with Gasteiger partial charge in [-0.3, -0.25) is 0 Å². The van der Waals surface area contributed by atoms with Gasteiger partial charge in [0.05, 0.1) is 16.3 Å². The Morgan fingerprint density at radius 3 is 2.03 bits per heavy atom. The number of carboxylic acid groups (broad SMARTS) is 1. The Morgan fingerprint density at radius 1 is 0.806 bits per heavy atom. The standard InChI is InChI=1S/C29H20Cl2N2O3/c30-23-11-14-25(26(31)15-23)27-17-33(16-18-1-3-22(4-2-18)29(35)36)28(32-27)21-7-5-19(6-8-21)20-9-12-24(34)13-10-20/h1-15,17,34H,16H2,(H,35,36). The molecule has 7 heteroatoms. The van der Waals surface area contributed by atoms with Crippen molar-refractivity contribution in [3.63, 3.8) is 0 Å². The molecule has 0 aliphatic carbocycles. The number of rotatable bonds is 6. The molecule has 0 aliphatic heterocycles. The first-order chi connectivity index (χ1) is 17.4. The van der Waals surface area contributed by atoms with Crippen molar-refractivity contribution in [3.8, 4) is 39.5 Å². The Balaban J connectivity index is 1.54. The second kappa shape index (κ2) is 9.90. The summed E-state index contributed by atoms with van der Waals surface area (Å²) in [6.45, 7) is 0.493. The van der Waals surface area contributed by atoms with E-state index in [0.717, 1.165) is 33.6 Å². The molecule has 2 N–H and O–H groups in total. The summed E-state index contributed by atoms with van der Waals surface area (Å²) in [5.41, 5.74) is 5.57.